The molecular formula is C25H25ClN2O4. The van der Waals surface area contributed by atoms with Gasteiger partial charge in [-0.2, -0.15) is 0 Å². The number of rotatable bonds is 9. The van der Waals surface area contributed by atoms with Gasteiger partial charge in [-0.1, -0.05) is 29.8 Å². The molecule has 32 heavy (non-hydrogen) atoms. The molecule has 1 fully saturated rings. The molecule has 0 aromatic heterocycles. The minimum absolute atomic E-state index is 0.0261. The van der Waals surface area contributed by atoms with Crippen molar-refractivity contribution in [3.05, 3.63) is 76.3 Å². The number of carbonyl (C=O) groups is 2. The van der Waals surface area contributed by atoms with Crippen LogP contribution in [0.4, 0.5) is 0 Å². The smallest absolute Gasteiger partial charge is 0.258 e. The highest BCUT2D eigenvalue weighted by Gasteiger charge is 2.23. The lowest BCUT2D eigenvalue weighted by molar-refractivity contribution is -0.123. The molecule has 2 aromatic rings. The summed E-state index contributed by atoms with van der Waals surface area (Å²) in [6, 6.07) is 13.3. The molecule has 0 radical (unpaired) electrons. The first kappa shape index (κ1) is 22.0. The van der Waals surface area contributed by atoms with E-state index in [1.54, 1.807) is 12.1 Å². The highest BCUT2D eigenvalue weighted by Crippen LogP contribution is 2.29. The minimum atomic E-state index is -0.163. The molecule has 1 heterocycles. The summed E-state index contributed by atoms with van der Waals surface area (Å²) in [5.74, 6) is 1.19. The summed E-state index contributed by atoms with van der Waals surface area (Å²) in [4.78, 5) is 23.8. The van der Waals surface area contributed by atoms with Crippen molar-refractivity contribution in [1.29, 1.82) is 0 Å². The molecule has 7 heteroatoms. The molecule has 0 saturated heterocycles. The maximum atomic E-state index is 12.1. The van der Waals surface area contributed by atoms with E-state index in [-0.39, 0.29) is 18.4 Å². The van der Waals surface area contributed by atoms with Gasteiger partial charge in [0.05, 0.1) is 0 Å². The van der Waals surface area contributed by atoms with Crippen LogP contribution in [-0.2, 0) is 16.0 Å². The molecule has 0 atom stereocenters. The second-order valence-corrected chi connectivity index (χ2v) is 8.28. The maximum Gasteiger partial charge on any atom is 0.258 e. The first-order chi connectivity index (χ1) is 15.5. The Balaban J connectivity index is 1.18. The van der Waals surface area contributed by atoms with Crippen molar-refractivity contribution in [3.63, 3.8) is 0 Å². The van der Waals surface area contributed by atoms with Crippen molar-refractivity contribution < 1.29 is 19.1 Å². The standard InChI is InChI=1S/C25H25ClN2O4/c26-20-4-9-23-19(14-20)13-18(15-32-23)3-10-24(29)27-12-11-17-1-7-22(8-2-17)31-16-25(30)28-21-5-6-21/h1-4,7-10,13-14,21H,5-6,11-12,15-16H2,(H,27,29)(H,28,30). The molecule has 166 valence electrons. The number of hydrogen-bond donors (Lipinski definition) is 2. The summed E-state index contributed by atoms with van der Waals surface area (Å²) < 4.78 is 11.2. The normalized spacial score (nSPS) is 14.8. The highest BCUT2D eigenvalue weighted by molar-refractivity contribution is 6.30. The zero-order valence-electron chi connectivity index (χ0n) is 17.6. The summed E-state index contributed by atoms with van der Waals surface area (Å²) >= 11 is 6.02. The third-order valence-corrected chi connectivity index (χ3v) is 5.34. The van der Waals surface area contributed by atoms with E-state index in [0.717, 1.165) is 35.3 Å². The molecular weight excluding hydrogens is 428 g/mol. The van der Waals surface area contributed by atoms with E-state index in [2.05, 4.69) is 10.6 Å². The fourth-order valence-corrected chi connectivity index (χ4v) is 3.41. The summed E-state index contributed by atoms with van der Waals surface area (Å²) in [5.41, 5.74) is 2.87. The Labute approximate surface area is 192 Å². The second kappa shape index (κ2) is 10.4. The van der Waals surface area contributed by atoms with Crippen molar-refractivity contribution in [2.24, 2.45) is 0 Å². The Bertz CT molecular complexity index is 1040. The van der Waals surface area contributed by atoms with Crippen molar-refractivity contribution in [1.82, 2.24) is 10.6 Å². The zero-order chi connectivity index (χ0) is 22.3. The van der Waals surface area contributed by atoms with Crippen LogP contribution in [0.5, 0.6) is 11.5 Å². The van der Waals surface area contributed by atoms with Crippen LogP contribution in [0.3, 0.4) is 0 Å². The van der Waals surface area contributed by atoms with E-state index in [4.69, 9.17) is 21.1 Å². The summed E-state index contributed by atoms with van der Waals surface area (Å²) in [6.45, 7) is 0.953. The molecule has 0 bridgehead atoms. The van der Waals surface area contributed by atoms with Crippen LogP contribution in [0.15, 0.2) is 60.2 Å². The predicted octanol–water partition coefficient (Wildman–Crippen LogP) is 3.69. The lowest BCUT2D eigenvalue weighted by Crippen LogP contribution is -2.30. The zero-order valence-corrected chi connectivity index (χ0v) is 18.4. The molecule has 0 spiro atoms. The number of halogens is 1. The van der Waals surface area contributed by atoms with E-state index < -0.39 is 0 Å². The monoisotopic (exact) mass is 452 g/mol. The summed E-state index contributed by atoms with van der Waals surface area (Å²) in [5, 5.41) is 6.41. The van der Waals surface area contributed by atoms with Gasteiger partial charge in [0.15, 0.2) is 6.61 Å². The average molecular weight is 453 g/mol. The van der Waals surface area contributed by atoms with Gasteiger partial charge in [0.25, 0.3) is 5.91 Å². The van der Waals surface area contributed by atoms with Gasteiger partial charge >= 0.3 is 0 Å². The van der Waals surface area contributed by atoms with E-state index >= 15 is 0 Å². The number of carbonyl (C=O) groups excluding carboxylic acids is 2. The Hall–Kier alpha value is -3.25. The van der Waals surface area contributed by atoms with Crippen molar-refractivity contribution in [2.75, 3.05) is 19.8 Å². The first-order valence-electron chi connectivity index (χ1n) is 10.6. The van der Waals surface area contributed by atoms with Gasteiger partial charge in [-0.15, -0.1) is 0 Å². The summed E-state index contributed by atoms with van der Waals surface area (Å²) in [6.07, 6.45) is 8.04. The van der Waals surface area contributed by atoms with E-state index in [1.807, 2.05) is 42.5 Å². The fourth-order valence-electron chi connectivity index (χ4n) is 3.23. The van der Waals surface area contributed by atoms with E-state index in [0.29, 0.717) is 36.4 Å². The van der Waals surface area contributed by atoms with Crippen molar-refractivity contribution >= 4 is 29.5 Å². The molecule has 2 aromatic carbocycles. The van der Waals surface area contributed by atoms with Crippen molar-refractivity contribution in [3.8, 4) is 11.5 Å². The van der Waals surface area contributed by atoms with Gasteiger partial charge in [-0.25, -0.2) is 0 Å². The SMILES string of the molecule is O=C(C=CC1=Cc2cc(Cl)ccc2OC1)NCCc1ccc(OCC(=O)NC2CC2)cc1. The molecule has 0 unspecified atom stereocenters. The summed E-state index contributed by atoms with van der Waals surface area (Å²) in [7, 11) is 0. The fraction of sp³-hybridized carbons (Fsp3) is 0.280. The molecule has 2 aliphatic rings. The Kier molecular flexibility index (Phi) is 7.12. The number of ether oxygens (including phenoxy) is 2. The van der Waals surface area contributed by atoms with Crippen LogP contribution in [0.25, 0.3) is 6.08 Å². The largest absolute Gasteiger partial charge is 0.488 e. The average Bonchev–Trinajstić information content (AvgIpc) is 3.61. The van der Waals surface area contributed by atoms with Gasteiger partial charge < -0.3 is 20.1 Å². The van der Waals surface area contributed by atoms with Crippen LogP contribution in [0, 0.1) is 0 Å². The first-order valence-corrected chi connectivity index (χ1v) is 11.0. The Morgan fingerprint density at radius 1 is 1.16 bits per heavy atom. The second-order valence-electron chi connectivity index (χ2n) is 7.84. The maximum absolute atomic E-state index is 12.1. The third-order valence-electron chi connectivity index (χ3n) is 5.10. The molecule has 1 aliphatic heterocycles. The predicted molar refractivity (Wildman–Crippen MR) is 124 cm³/mol. The van der Waals surface area contributed by atoms with E-state index in [9.17, 15) is 9.59 Å². The van der Waals surface area contributed by atoms with Crippen LogP contribution in [0.2, 0.25) is 5.02 Å². The molecule has 6 nitrogen and oxygen atoms in total. The van der Waals surface area contributed by atoms with Gasteiger partial charge in [-0.05, 0) is 66.8 Å². The number of hydrogen-bond acceptors (Lipinski definition) is 4. The number of fused-ring (bicyclic) bond motifs is 1. The van der Waals surface area contributed by atoms with Crippen molar-refractivity contribution in [2.45, 2.75) is 25.3 Å². The Morgan fingerprint density at radius 2 is 1.97 bits per heavy atom. The van der Waals surface area contributed by atoms with Gasteiger partial charge in [0.1, 0.15) is 18.1 Å². The molecule has 2 N–H and O–H groups in total. The van der Waals surface area contributed by atoms with Crippen LogP contribution in [-0.4, -0.2) is 37.6 Å². The molecule has 2 amide bonds. The quantitative estimate of drug-likeness (QED) is 0.569. The number of amides is 2. The molecule has 1 aliphatic carbocycles. The lowest BCUT2D eigenvalue weighted by Gasteiger charge is -2.16. The number of nitrogens with one attached hydrogen (secondary N) is 2. The lowest BCUT2D eigenvalue weighted by atomic mass is 10.1. The minimum Gasteiger partial charge on any atom is -0.488 e. The number of benzene rings is 2. The van der Waals surface area contributed by atoms with Crippen LogP contribution in [0.1, 0.15) is 24.0 Å². The third kappa shape index (κ3) is 6.62. The Morgan fingerprint density at radius 3 is 2.75 bits per heavy atom. The highest BCUT2D eigenvalue weighted by atomic mass is 35.5. The topological polar surface area (TPSA) is 76.7 Å². The van der Waals surface area contributed by atoms with Crippen LogP contribution < -0.4 is 20.1 Å². The van der Waals surface area contributed by atoms with Crippen LogP contribution >= 0.6 is 11.6 Å². The molecule has 1 saturated carbocycles. The molecule has 4 rings (SSSR count). The van der Waals surface area contributed by atoms with Gasteiger partial charge in [0, 0.05) is 29.2 Å². The van der Waals surface area contributed by atoms with Gasteiger partial charge in [-0.3, -0.25) is 9.59 Å². The van der Waals surface area contributed by atoms with Gasteiger partial charge in [0.2, 0.25) is 5.91 Å². The van der Waals surface area contributed by atoms with E-state index in [1.165, 1.54) is 6.08 Å².